The fraction of sp³-hybridized carbons (Fsp3) is 0.500. The van der Waals surface area contributed by atoms with Crippen molar-refractivity contribution >= 4 is 27.7 Å². The zero-order valence-corrected chi connectivity index (χ0v) is 13.9. The fourth-order valence-electron chi connectivity index (χ4n) is 2.63. The third-order valence-electron chi connectivity index (χ3n) is 3.93. The number of nitrogens with one attached hydrogen (secondary N) is 2. The summed E-state index contributed by atoms with van der Waals surface area (Å²) >= 11 is 3.30. The second-order valence-electron chi connectivity index (χ2n) is 5.61. The molecule has 0 radical (unpaired) electrons. The highest BCUT2D eigenvalue weighted by Crippen LogP contribution is 2.23. The Morgan fingerprint density at radius 3 is 2.73 bits per heavy atom. The number of aliphatic hydroxyl groups excluding tert-OH is 1. The van der Waals surface area contributed by atoms with Gasteiger partial charge in [0.25, 0.3) is 5.91 Å². The van der Waals surface area contributed by atoms with E-state index in [9.17, 15) is 14.7 Å². The van der Waals surface area contributed by atoms with Gasteiger partial charge >= 0.3 is 0 Å². The Labute approximate surface area is 138 Å². The number of aliphatic hydroxyl groups is 1. The van der Waals surface area contributed by atoms with Gasteiger partial charge in [-0.1, -0.05) is 34.8 Å². The van der Waals surface area contributed by atoms with Crippen molar-refractivity contribution < 1.29 is 14.7 Å². The second kappa shape index (κ2) is 8.29. The number of halogens is 1. The summed E-state index contributed by atoms with van der Waals surface area (Å²) in [6, 6.07) is 6.99. The van der Waals surface area contributed by atoms with Crippen molar-refractivity contribution in [2.45, 2.75) is 31.8 Å². The highest BCUT2D eigenvalue weighted by molar-refractivity contribution is 9.10. The minimum absolute atomic E-state index is 0.0613. The van der Waals surface area contributed by atoms with Crippen LogP contribution in [0, 0.1) is 5.92 Å². The second-order valence-corrected chi connectivity index (χ2v) is 6.52. The number of rotatable bonds is 5. The molecule has 1 aliphatic carbocycles. The molecule has 0 aliphatic heterocycles. The molecule has 0 spiro atoms. The molecule has 3 N–H and O–H groups in total. The molecule has 2 rings (SSSR count). The van der Waals surface area contributed by atoms with Gasteiger partial charge in [0.15, 0.2) is 0 Å². The Morgan fingerprint density at radius 2 is 2.00 bits per heavy atom. The largest absolute Gasteiger partial charge is 0.393 e. The molecule has 0 aromatic heterocycles. The predicted octanol–water partition coefficient (Wildman–Crippen LogP) is 1.85. The zero-order chi connectivity index (χ0) is 15.9. The molecule has 1 fully saturated rings. The lowest BCUT2D eigenvalue weighted by molar-refractivity contribution is -0.120. The van der Waals surface area contributed by atoms with Crippen molar-refractivity contribution in [2.75, 3.05) is 13.1 Å². The van der Waals surface area contributed by atoms with Gasteiger partial charge in [0.1, 0.15) is 0 Å². The first kappa shape index (κ1) is 17.0. The summed E-state index contributed by atoms with van der Waals surface area (Å²) in [6.07, 6.45) is 3.56. The molecule has 0 saturated heterocycles. The lowest BCUT2D eigenvalue weighted by Gasteiger charge is -2.27. The van der Waals surface area contributed by atoms with Crippen LogP contribution in [0.25, 0.3) is 0 Å². The number of benzene rings is 1. The standard InChI is InChI=1S/C16H21BrN2O3/c17-13-6-3-5-11(8-13)16(22)19-10-15(21)18-9-12-4-1-2-7-14(12)20/h3,5-6,8,12,14,20H,1-2,4,7,9-10H2,(H,18,21)(H,19,22). The summed E-state index contributed by atoms with van der Waals surface area (Å²) in [4.78, 5) is 23.7. The van der Waals surface area contributed by atoms with E-state index in [1.807, 2.05) is 6.07 Å². The van der Waals surface area contributed by atoms with Gasteiger partial charge in [-0.05, 0) is 31.0 Å². The maximum Gasteiger partial charge on any atom is 0.251 e. The first-order chi connectivity index (χ1) is 10.6. The van der Waals surface area contributed by atoms with E-state index in [1.165, 1.54) is 0 Å². The molecule has 22 heavy (non-hydrogen) atoms. The minimum Gasteiger partial charge on any atom is -0.393 e. The van der Waals surface area contributed by atoms with Gasteiger partial charge in [-0.15, -0.1) is 0 Å². The van der Waals surface area contributed by atoms with Crippen LogP contribution in [-0.4, -0.2) is 36.1 Å². The van der Waals surface area contributed by atoms with Gasteiger partial charge in [0.05, 0.1) is 12.6 Å². The van der Waals surface area contributed by atoms with Crippen LogP contribution in [0.5, 0.6) is 0 Å². The summed E-state index contributed by atoms with van der Waals surface area (Å²) in [6.45, 7) is 0.404. The summed E-state index contributed by atoms with van der Waals surface area (Å²) in [5.74, 6) is -0.395. The van der Waals surface area contributed by atoms with Crippen molar-refractivity contribution in [1.82, 2.24) is 10.6 Å². The Morgan fingerprint density at radius 1 is 1.23 bits per heavy atom. The summed E-state index contributed by atoms with van der Waals surface area (Å²) in [5, 5.41) is 15.2. The van der Waals surface area contributed by atoms with Crippen LogP contribution in [0.2, 0.25) is 0 Å². The van der Waals surface area contributed by atoms with Crippen molar-refractivity contribution in [3.63, 3.8) is 0 Å². The van der Waals surface area contributed by atoms with Gasteiger partial charge in [-0.2, -0.15) is 0 Å². The first-order valence-electron chi connectivity index (χ1n) is 7.55. The quantitative estimate of drug-likeness (QED) is 0.741. The van der Waals surface area contributed by atoms with Gasteiger partial charge in [-0.25, -0.2) is 0 Å². The van der Waals surface area contributed by atoms with E-state index in [-0.39, 0.29) is 30.4 Å². The van der Waals surface area contributed by atoms with Crippen LogP contribution in [0.3, 0.4) is 0 Å². The molecule has 1 aromatic rings. The fourth-order valence-corrected chi connectivity index (χ4v) is 3.03. The van der Waals surface area contributed by atoms with Crippen molar-refractivity contribution in [3.8, 4) is 0 Å². The molecular weight excluding hydrogens is 348 g/mol. The highest BCUT2D eigenvalue weighted by atomic mass is 79.9. The number of carbonyl (C=O) groups is 2. The monoisotopic (exact) mass is 368 g/mol. The Bertz CT molecular complexity index is 536. The Hall–Kier alpha value is -1.40. The van der Waals surface area contributed by atoms with Crippen molar-refractivity contribution in [2.24, 2.45) is 5.92 Å². The Kier molecular flexibility index (Phi) is 6.39. The topological polar surface area (TPSA) is 78.4 Å². The summed E-state index contributed by atoms with van der Waals surface area (Å²) in [7, 11) is 0. The summed E-state index contributed by atoms with van der Waals surface area (Å²) in [5.41, 5.74) is 0.505. The number of carbonyl (C=O) groups excluding carboxylic acids is 2. The molecule has 1 aromatic carbocycles. The number of hydrogen-bond donors (Lipinski definition) is 3. The highest BCUT2D eigenvalue weighted by Gasteiger charge is 2.23. The maximum atomic E-state index is 11.9. The van der Waals surface area contributed by atoms with Crippen LogP contribution in [0.15, 0.2) is 28.7 Å². The van der Waals surface area contributed by atoms with E-state index in [4.69, 9.17) is 0 Å². The van der Waals surface area contributed by atoms with Crippen molar-refractivity contribution in [3.05, 3.63) is 34.3 Å². The third-order valence-corrected chi connectivity index (χ3v) is 4.42. The number of hydrogen-bond acceptors (Lipinski definition) is 3. The molecule has 1 saturated carbocycles. The third kappa shape index (κ3) is 5.10. The lowest BCUT2D eigenvalue weighted by atomic mass is 9.86. The van der Waals surface area contributed by atoms with Gasteiger partial charge < -0.3 is 15.7 Å². The molecule has 120 valence electrons. The maximum absolute atomic E-state index is 11.9. The molecule has 0 heterocycles. The van der Waals surface area contributed by atoms with Crippen LogP contribution in [0.1, 0.15) is 36.0 Å². The molecule has 2 amide bonds. The van der Waals surface area contributed by atoms with Gasteiger partial charge in [0, 0.05) is 22.5 Å². The van der Waals surface area contributed by atoms with Crippen LogP contribution < -0.4 is 10.6 Å². The Balaban J connectivity index is 1.72. The molecule has 6 heteroatoms. The molecule has 2 unspecified atom stereocenters. The summed E-state index contributed by atoms with van der Waals surface area (Å²) < 4.78 is 0.816. The SMILES string of the molecule is O=C(CNC(=O)c1cccc(Br)c1)NCC1CCCCC1O. The lowest BCUT2D eigenvalue weighted by Crippen LogP contribution is -2.41. The number of amides is 2. The van der Waals surface area contributed by atoms with Crippen LogP contribution in [0.4, 0.5) is 0 Å². The molecule has 0 bridgehead atoms. The average Bonchev–Trinajstić information content (AvgIpc) is 2.52. The minimum atomic E-state index is -0.328. The predicted molar refractivity (Wildman–Crippen MR) is 87.4 cm³/mol. The van der Waals surface area contributed by atoms with E-state index >= 15 is 0 Å². The van der Waals surface area contributed by atoms with E-state index in [1.54, 1.807) is 18.2 Å². The van der Waals surface area contributed by atoms with E-state index in [2.05, 4.69) is 26.6 Å². The normalized spacial score (nSPS) is 21.2. The van der Waals surface area contributed by atoms with Crippen LogP contribution in [-0.2, 0) is 4.79 Å². The molecule has 2 atom stereocenters. The van der Waals surface area contributed by atoms with Crippen LogP contribution >= 0.6 is 15.9 Å². The van der Waals surface area contributed by atoms with E-state index < -0.39 is 0 Å². The smallest absolute Gasteiger partial charge is 0.251 e. The molecule has 5 nitrogen and oxygen atoms in total. The van der Waals surface area contributed by atoms with E-state index in [0.717, 1.165) is 30.2 Å². The zero-order valence-electron chi connectivity index (χ0n) is 12.3. The molecule has 1 aliphatic rings. The van der Waals surface area contributed by atoms with Gasteiger partial charge in [-0.3, -0.25) is 9.59 Å². The van der Waals surface area contributed by atoms with Crippen molar-refractivity contribution in [1.29, 1.82) is 0 Å². The van der Waals surface area contributed by atoms with Gasteiger partial charge in [0.2, 0.25) is 5.91 Å². The van der Waals surface area contributed by atoms with E-state index in [0.29, 0.717) is 12.1 Å². The average molecular weight is 369 g/mol. The first-order valence-corrected chi connectivity index (χ1v) is 8.34. The molecular formula is C16H21BrN2O3.